The Kier molecular flexibility index (Phi) is 6.00. The Bertz CT molecular complexity index is 648. The van der Waals surface area contributed by atoms with Crippen LogP contribution in [-0.4, -0.2) is 42.9 Å². The molecule has 25 heavy (non-hydrogen) atoms. The van der Waals surface area contributed by atoms with E-state index in [1.54, 1.807) is 7.11 Å². The van der Waals surface area contributed by atoms with Crippen molar-refractivity contribution in [2.24, 2.45) is 5.92 Å². The molecule has 1 aromatic carbocycles. The van der Waals surface area contributed by atoms with Crippen molar-refractivity contribution >= 4 is 0 Å². The van der Waals surface area contributed by atoms with Gasteiger partial charge in [-0.15, -0.1) is 0 Å². The van der Waals surface area contributed by atoms with Crippen molar-refractivity contribution in [2.45, 2.75) is 32.4 Å². The maximum absolute atomic E-state index is 10.4. The van der Waals surface area contributed by atoms with Crippen LogP contribution in [0.2, 0.25) is 0 Å². The van der Waals surface area contributed by atoms with Gasteiger partial charge < -0.3 is 19.0 Å². The molecule has 136 valence electrons. The Morgan fingerprint density at radius 1 is 1.16 bits per heavy atom. The van der Waals surface area contributed by atoms with E-state index in [4.69, 9.17) is 13.9 Å². The minimum atomic E-state index is -0.545. The monoisotopic (exact) mass is 345 g/mol. The highest BCUT2D eigenvalue weighted by Crippen LogP contribution is 2.30. The van der Waals surface area contributed by atoms with Crippen LogP contribution in [0.5, 0.6) is 11.5 Å². The van der Waals surface area contributed by atoms with Crippen molar-refractivity contribution in [3.63, 3.8) is 0 Å². The highest BCUT2D eigenvalue weighted by molar-refractivity contribution is 5.31. The normalized spacial score (nSPS) is 15.4. The zero-order valence-electron chi connectivity index (χ0n) is 15.0. The molecular formula is C20H27NO4. The van der Waals surface area contributed by atoms with E-state index in [0.717, 1.165) is 42.0 Å². The highest BCUT2D eigenvalue weighted by Gasteiger charge is 2.26. The molecular weight excluding hydrogens is 318 g/mol. The number of ether oxygens (including phenoxy) is 2. The van der Waals surface area contributed by atoms with E-state index in [-0.39, 0.29) is 6.61 Å². The summed E-state index contributed by atoms with van der Waals surface area (Å²) in [5.41, 5.74) is 0. The number of nitrogens with zero attached hydrogens (tertiary/aromatic N) is 1. The number of hydrogen-bond acceptors (Lipinski definition) is 5. The van der Waals surface area contributed by atoms with Crippen molar-refractivity contribution < 1.29 is 19.0 Å². The Hall–Kier alpha value is -1.98. The third kappa shape index (κ3) is 5.80. The fraction of sp³-hybridized carbons (Fsp3) is 0.500. The smallest absolute Gasteiger partial charge is 0.119 e. The lowest BCUT2D eigenvalue weighted by Crippen LogP contribution is -2.36. The summed E-state index contributed by atoms with van der Waals surface area (Å²) in [6, 6.07) is 11.4. The second kappa shape index (κ2) is 8.41. The zero-order valence-corrected chi connectivity index (χ0v) is 15.0. The Morgan fingerprint density at radius 2 is 1.88 bits per heavy atom. The van der Waals surface area contributed by atoms with Crippen LogP contribution in [0.4, 0.5) is 0 Å². The Morgan fingerprint density at radius 3 is 2.48 bits per heavy atom. The van der Waals surface area contributed by atoms with Gasteiger partial charge in [0, 0.05) is 13.1 Å². The first kappa shape index (κ1) is 17.8. The lowest BCUT2D eigenvalue weighted by molar-refractivity contribution is 0.0615. The van der Waals surface area contributed by atoms with Gasteiger partial charge in [-0.25, -0.2) is 0 Å². The molecule has 1 N–H and O–H groups in total. The van der Waals surface area contributed by atoms with Crippen LogP contribution in [0.25, 0.3) is 0 Å². The Balaban J connectivity index is 1.49. The fourth-order valence-electron chi connectivity index (χ4n) is 2.87. The summed E-state index contributed by atoms with van der Waals surface area (Å²) in [6.45, 7) is 4.52. The molecule has 1 heterocycles. The van der Waals surface area contributed by atoms with Crippen molar-refractivity contribution in [1.82, 2.24) is 4.90 Å². The van der Waals surface area contributed by atoms with Crippen LogP contribution < -0.4 is 9.47 Å². The molecule has 1 aliphatic rings. The summed E-state index contributed by atoms with van der Waals surface area (Å²) in [7, 11) is 1.63. The van der Waals surface area contributed by atoms with Crippen molar-refractivity contribution in [2.75, 3.05) is 26.8 Å². The first-order valence-electron chi connectivity index (χ1n) is 8.85. The largest absolute Gasteiger partial charge is 0.497 e. The number of aliphatic hydroxyl groups excluding tert-OH is 1. The number of hydrogen-bond donors (Lipinski definition) is 1. The minimum absolute atomic E-state index is 0.269. The molecule has 0 radical (unpaired) electrons. The molecule has 0 amide bonds. The zero-order chi connectivity index (χ0) is 17.6. The predicted octanol–water partition coefficient (Wildman–Crippen LogP) is 3.25. The molecule has 5 heteroatoms. The van der Waals surface area contributed by atoms with Crippen LogP contribution in [0.15, 0.2) is 40.8 Å². The van der Waals surface area contributed by atoms with Gasteiger partial charge in [0.25, 0.3) is 0 Å². The number of benzene rings is 1. The van der Waals surface area contributed by atoms with Gasteiger partial charge in [0.1, 0.15) is 35.7 Å². The van der Waals surface area contributed by atoms with Gasteiger partial charge in [-0.2, -0.15) is 0 Å². The number of aryl methyl sites for hydroxylation is 1. The van der Waals surface area contributed by atoms with E-state index in [9.17, 15) is 5.11 Å². The van der Waals surface area contributed by atoms with E-state index in [0.29, 0.717) is 6.54 Å². The third-order valence-electron chi connectivity index (χ3n) is 4.36. The molecule has 2 aromatic rings. The van der Waals surface area contributed by atoms with Gasteiger partial charge in [0.15, 0.2) is 0 Å². The average molecular weight is 345 g/mol. The number of methoxy groups -OCH3 is 1. The van der Waals surface area contributed by atoms with Gasteiger partial charge in [0.2, 0.25) is 0 Å². The van der Waals surface area contributed by atoms with Crippen LogP contribution in [-0.2, 0) is 6.54 Å². The third-order valence-corrected chi connectivity index (χ3v) is 4.36. The molecule has 1 atom stereocenters. The van der Waals surface area contributed by atoms with E-state index < -0.39 is 6.10 Å². The fourth-order valence-corrected chi connectivity index (χ4v) is 2.87. The molecule has 1 unspecified atom stereocenters. The van der Waals surface area contributed by atoms with Gasteiger partial charge in [0.05, 0.1) is 13.7 Å². The summed E-state index contributed by atoms with van der Waals surface area (Å²) in [5, 5.41) is 10.4. The van der Waals surface area contributed by atoms with E-state index in [2.05, 4.69) is 4.90 Å². The topological polar surface area (TPSA) is 55.1 Å². The molecule has 1 aliphatic carbocycles. The molecule has 3 rings (SSSR count). The second-order valence-corrected chi connectivity index (χ2v) is 6.79. The average Bonchev–Trinajstić information content (AvgIpc) is 3.33. The van der Waals surface area contributed by atoms with Gasteiger partial charge >= 0.3 is 0 Å². The highest BCUT2D eigenvalue weighted by atomic mass is 16.5. The maximum Gasteiger partial charge on any atom is 0.119 e. The number of furan rings is 1. The first-order chi connectivity index (χ1) is 12.1. The standard InChI is InChI=1S/C20H27NO4/c1-15-3-6-20(25-15)13-21(11-16-4-5-16)12-17(22)14-24-19-9-7-18(23-2)8-10-19/h3,6-10,16-17,22H,4-5,11-14H2,1-2H3. The van der Waals surface area contributed by atoms with Crippen LogP contribution in [0.3, 0.4) is 0 Å². The minimum Gasteiger partial charge on any atom is -0.497 e. The van der Waals surface area contributed by atoms with Gasteiger partial charge in [-0.1, -0.05) is 0 Å². The molecule has 1 fully saturated rings. The lowest BCUT2D eigenvalue weighted by Gasteiger charge is -2.24. The Labute approximate surface area is 149 Å². The molecule has 0 aliphatic heterocycles. The van der Waals surface area contributed by atoms with E-state index in [1.165, 1.54) is 12.8 Å². The van der Waals surface area contributed by atoms with Crippen molar-refractivity contribution in [3.8, 4) is 11.5 Å². The second-order valence-electron chi connectivity index (χ2n) is 6.79. The van der Waals surface area contributed by atoms with Crippen LogP contribution >= 0.6 is 0 Å². The van der Waals surface area contributed by atoms with Gasteiger partial charge in [-0.05, 0) is 62.1 Å². The first-order valence-corrected chi connectivity index (χ1v) is 8.85. The van der Waals surface area contributed by atoms with E-state index in [1.807, 2.05) is 43.3 Å². The van der Waals surface area contributed by atoms with E-state index >= 15 is 0 Å². The quantitative estimate of drug-likeness (QED) is 0.716. The van der Waals surface area contributed by atoms with Crippen LogP contribution in [0.1, 0.15) is 24.4 Å². The lowest BCUT2D eigenvalue weighted by atomic mass is 10.2. The SMILES string of the molecule is COc1ccc(OCC(O)CN(Cc2ccc(C)o2)CC2CC2)cc1. The predicted molar refractivity (Wildman–Crippen MR) is 95.9 cm³/mol. The number of rotatable bonds is 10. The number of aliphatic hydroxyl groups is 1. The molecule has 1 saturated carbocycles. The molecule has 0 spiro atoms. The van der Waals surface area contributed by atoms with Crippen molar-refractivity contribution in [3.05, 3.63) is 47.9 Å². The summed E-state index contributed by atoms with van der Waals surface area (Å²) >= 11 is 0. The maximum atomic E-state index is 10.4. The van der Waals surface area contributed by atoms with Crippen molar-refractivity contribution in [1.29, 1.82) is 0 Å². The summed E-state index contributed by atoms with van der Waals surface area (Å²) in [5.74, 6) is 4.14. The molecule has 1 aromatic heterocycles. The van der Waals surface area contributed by atoms with Crippen LogP contribution in [0, 0.1) is 12.8 Å². The molecule has 5 nitrogen and oxygen atoms in total. The summed E-state index contributed by atoms with van der Waals surface area (Å²) in [6.07, 6.45) is 2.02. The summed E-state index contributed by atoms with van der Waals surface area (Å²) < 4.78 is 16.5. The van der Waals surface area contributed by atoms with Gasteiger partial charge in [-0.3, -0.25) is 4.90 Å². The summed E-state index contributed by atoms with van der Waals surface area (Å²) in [4.78, 5) is 2.26. The molecule has 0 bridgehead atoms. The molecule has 0 saturated heterocycles.